The molecule has 2 heteroatoms. The monoisotopic (exact) mass is 256 g/mol. The van der Waals surface area contributed by atoms with E-state index < -0.39 is 0 Å². The van der Waals surface area contributed by atoms with Crippen LogP contribution in [-0.4, -0.2) is 11.5 Å². The van der Waals surface area contributed by atoms with E-state index in [9.17, 15) is 0 Å². The number of fused-ring (bicyclic) bond motifs is 1. The molecule has 1 heterocycles. The fourth-order valence-electron chi connectivity index (χ4n) is 2.59. The number of benzene rings is 1. The van der Waals surface area contributed by atoms with E-state index >= 15 is 0 Å². The molecule has 2 rings (SSSR count). The third-order valence-electron chi connectivity index (χ3n) is 3.36. The van der Waals surface area contributed by atoms with Crippen LogP contribution in [0.5, 0.6) is 0 Å². The van der Waals surface area contributed by atoms with Gasteiger partial charge in [-0.05, 0) is 35.4 Å². The molecule has 0 saturated heterocycles. The average molecular weight is 256 g/mol. The Kier molecular flexibility index (Phi) is 4.20. The quantitative estimate of drug-likeness (QED) is 0.881. The highest BCUT2D eigenvalue weighted by Gasteiger charge is 2.20. The first-order chi connectivity index (χ1) is 9.01. The smallest absolute Gasteiger partial charge is 0.0349 e. The molecule has 0 spiro atoms. The van der Waals surface area contributed by atoms with Gasteiger partial charge in [0, 0.05) is 23.8 Å². The first-order valence-corrected chi connectivity index (χ1v) is 7.07. The molecule has 0 fully saturated rings. The molecule has 2 aromatic rings. The van der Waals surface area contributed by atoms with Crippen molar-refractivity contribution in [3.8, 4) is 0 Å². The number of pyridine rings is 1. The van der Waals surface area contributed by atoms with Crippen molar-refractivity contribution in [2.75, 3.05) is 6.54 Å². The summed E-state index contributed by atoms with van der Waals surface area (Å²) in [5.41, 5.74) is 1.67. The van der Waals surface area contributed by atoms with Gasteiger partial charge in [0.05, 0.1) is 0 Å². The van der Waals surface area contributed by atoms with Gasteiger partial charge in [0.15, 0.2) is 0 Å². The van der Waals surface area contributed by atoms with Crippen LogP contribution in [0.4, 0.5) is 0 Å². The topological polar surface area (TPSA) is 24.9 Å². The molecule has 0 radical (unpaired) electrons. The van der Waals surface area contributed by atoms with E-state index in [-0.39, 0.29) is 0 Å². The normalized spacial score (nSPS) is 13.7. The molecule has 0 aliphatic rings. The van der Waals surface area contributed by atoms with Crippen LogP contribution in [0.1, 0.15) is 45.7 Å². The van der Waals surface area contributed by atoms with Crippen LogP contribution >= 0.6 is 0 Å². The lowest BCUT2D eigenvalue weighted by Crippen LogP contribution is -2.25. The molecule has 1 aromatic carbocycles. The number of hydrogen-bond acceptors (Lipinski definition) is 2. The van der Waals surface area contributed by atoms with Crippen molar-refractivity contribution in [3.05, 3.63) is 42.2 Å². The summed E-state index contributed by atoms with van der Waals surface area (Å²) < 4.78 is 0. The predicted molar refractivity (Wildman–Crippen MR) is 82.2 cm³/mol. The van der Waals surface area contributed by atoms with E-state index in [4.69, 9.17) is 0 Å². The number of aromatic nitrogens is 1. The lowest BCUT2D eigenvalue weighted by molar-refractivity contribution is 0.315. The SMILES string of the molecule is CCNC(CC(C)(C)C)c1cccc2ccncc12. The average Bonchev–Trinajstić information content (AvgIpc) is 2.36. The maximum atomic E-state index is 4.28. The van der Waals surface area contributed by atoms with Crippen LogP contribution in [0, 0.1) is 5.41 Å². The Hall–Kier alpha value is -1.41. The van der Waals surface area contributed by atoms with Gasteiger partial charge in [0.25, 0.3) is 0 Å². The minimum absolute atomic E-state index is 0.303. The summed E-state index contributed by atoms with van der Waals surface area (Å²) in [4.78, 5) is 4.28. The van der Waals surface area contributed by atoms with Crippen molar-refractivity contribution < 1.29 is 0 Å². The van der Waals surface area contributed by atoms with Gasteiger partial charge in [0.1, 0.15) is 0 Å². The van der Waals surface area contributed by atoms with Crippen LogP contribution in [0.25, 0.3) is 10.8 Å². The first kappa shape index (κ1) is 14.0. The van der Waals surface area contributed by atoms with Crippen LogP contribution in [0.2, 0.25) is 0 Å². The van der Waals surface area contributed by atoms with Gasteiger partial charge in [-0.1, -0.05) is 45.9 Å². The van der Waals surface area contributed by atoms with Crippen molar-refractivity contribution in [1.29, 1.82) is 0 Å². The van der Waals surface area contributed by atoms with Crippen LogP contribution in [0.3, 0.4) is 0 Å². The third kappa shape index (κ3) is 3.54. The van der Waals surface area contributed by atoms with Crippen molar-refractivity contribution in [1.82, 2.24) is 10.3 Å². The predicted octanol–water partition coefficient (Wildman–Crippen LogP) is 4.32. The van der Waals surface area contributed by atoms with Gasteiger partial charge in [-0.3, -0.25) is 4.98 Å². The number of nitrogens with one attached hydrogen (secondary N) is 1. The van der Waals surface area contributed by atoms with Gasteiger partial charge in [-0.2, -0.15) is 0 Å². The molecule has 102 valence electrons. The zero-order valence-electron chi connectivity index (χ0n) is 12.4. The van der Waals surface area contributed by atoms with Gasteiger partial charge >= 0.3 is 0 Å². The fourth-order valence-corrected chi connectivity index (χ4v) is 2.59. The summed E-state index contributed by atoms with van der Waals surface area (Å²) in [6.45, 7) is 10.0. The minimum Gasteiger partial charge on any atom is -0.310 e. The molecule has 2 nitrogen and oxygen atoms in total. The highest BCUT2D eigenvalue weighted by atomic mass is 14.9. The highest BCUT2D eigenvalue weighted by molar-refractivity contribution is 5.85. The Morgan fingerprint density at radius 3 is 2.68 bits per heavy atom. The molecular weight excluding hydrogens is 232 g/mol. The van der Waals surface area contributed by atoms with Crippen LogP contribution < -0.4 is 5.32 Å². The molecular formula is C17H24N2. The minimum atomic E-state index is 0.303. The maximum absolute atomic E-state index is 4.28. The molecule has 1 atom stereocenters. The zero-order chi connectivity index (χ0) is 13.9. The van der Waals surface area contributed by atoms with E-state index in [0.717, 1.165) is 13.0 Å². The van der Waals surface area contributed by atoms with E-state index in [1.54, 1.807) is 0 Å². The number of hydrogen-bond donors (Lipinski definition) is 1. The number of rotatable bonds is 4. The van der Waals surface area contributed by atoms with Gasteiger partial charge in [-0.15, -0.1) is 0 Å². The van der Waals surface area contributed by atoms with E-state index in [1.165, 1.54) is 16.3 Å². The molecule has 0 bridgehead atoms. The third-order valence-corrected chi connectivity index (χ3v) is 3.36. The summed E-state index contributed by atoms with van der Waals surface area (Å²) >= 11 is 0. The van der Waals surface area contributed by atoms with Crippen molar-refractivity contribution in [2.24, 2.45) is 5.41 Å². The molecule has 1 N–H and O–H groups in total. The first-order valence-electron chi connectivity index (χ1n) is 7.07. The standard InChI is InChI=1S/C17H24N2/c1-5-19-16(11-17(2,3)4)14-8-6-7-13-9-10-18-12-15(13)14/h6-10,12,16,19H,5,11H2,1-4H3. The molecule has 1 aromatic heterocycles. The molecule has 0 saturated carbocycles. The number of nitrogens with zero attached hydrogens (tertiary/aromatic N) is 1. The van der Waals surface area contributed by atoms with Crippen molar-refractivity contribution in [2.45, 2.75) is 40.2 Å². The summed E-state index contributed by atoms with van der Waals surface area (Å²) in [7, 11) is 0. The molecule has 19 heavy (non-hydrogen) atoms. The fraction of sp³-hybridized carbons (Fsp3) is 0.471. The van der Waals surface area contributed by atoms with E-state index in [0.29, 0.717) is 11.5 Å². The summed E-state index contributed by atoms with van der Waals surface area (Å²) in [6.07, 6.45) is 4.96. The second-order valence-corrected chi connectivity index (χ2v) is 6.32. The maximum Gasteiger partial charge on any atom is 0.0349 e. The van der Waals surface area contributed by atoms with Gasteiger partial charge < -0.3 is 5.32 Å². The lowest BCUT2D eigenvalue weighted by atomic mass is 9.84. The Morgan fingerprint density at radius 2 is 2.00 bits per heavy atom. The Balaban J connectivity index is 2.44. The molecule has 0 aliphatic carbocycles. The summed E-state index contributed by atoms with van der Waals surface area (Å²) in [6, 6.07) is 8.99. The lowest BCUT2D eigenvalue weighted by Gasteiger charge is -2.27. The zero-order valence-corrected chi connectivity index (χ0v) is 12.4. The Bertz CT molecular complexity index is 535. The van der Waals surface area contributed by atoms with E-state index in [2.05, 4.69) is 62.3 Å². The Labute approximate surface area is 116 Å². The second-order valence-electron chi connectivity index (χ2n) is 6.32. The van der Waals surface area contributed by atoms with Gasteiger partial charge in [0.2, 0.25) is 0 Å². The summed E-state index contributed by atoms with van der Waals surface area (Å²) in [5, 5.41) is 6.15. The van der Waals surface area contributed by atoms with E-state index in [1.807, 2.05) is 12.4 Å². The van der Waals surface area contributed by atoms with Gasteiger partial charge in [-0.25, -0.2) is 0 Å². The molecule has 0 aliphatic heterocycles. The highest BCUT2D eigenvalue weighted by Crippen LogP contribution is 2.32. The molecule has 0 amide bonds. The second kappa shape index (κ2) is 5.70. The Morgan fingerprint density at radius 1 is 1.21 bits per heavy atom. The van der Waals surface area contributed by atoms with Crippen molar-refractivity contribution in [3.63, 3.8) is 0 Å². The van der Waals surface area contributed by atoms with Crippen molar-refractivity contribution >= 4 is 10.8 Å². The summed E-state index contributed by atoms with van der Waals surface area (Å²) in [5.74, 6) is 0. The van der Waals surface area contributed by atoms with Crippen LogP contribution in [-0.2, 0) is 0 Å². The molecule has 1 unspecified atom stereocenters. The van der Waals surface area contributed by atoms with Crippen LogP contribution in [0.15, 0.2) is 36.7 Å². The largest absolute Gasteiger partial charge is 0.310 e.